The lowest BCUT2D eigenvalue weighted by Gasteiger charge is -2.38. The molecule has 13 heteroatoms. The fourth-order valence-electron chi connectivity index (χ4n) is 4.91. The molecular weight excluding hydrogens is 544 g/mol. The summed E-state index contributed by atoms with van der Waals surface area (Å²) in [5.41, 5.74) is 1.77. The van der Waals surface area contributed by atoms with Crippen LogP contribution in [0.1, 0.15) is 25.5 Å². The largest absolute Gasteiger partial charge is 0.493 e. The lowest BCUT2D eigenvalue weighted by atomic mass is 10.0. The van der Waals surface area contributed by atoms with Crippen molar-refractivity contribution in [1.29, 1.82) is 0 Å². The number of aromatic nitrogens is 1. The highest BCUT2D eigenvalue weighted by Gasteiger charge is 2.30. The van der Waals surface area contributed by atoms with Crippen LogP contribution >= 0.6 is 0 Å². The number of furan rings is 1. The molecule has 11 nitrogen and oxygen atoms in total. The number of hydrogen-bond donors (Lipinski definition) is 1. The number of aryl methyl sites for hydroxylation is 1. The van der Waals surface area contributed by atoms with Crippen LogP contribution in [0.3, 0.4) is 0 Å². The van der Waals surface area contributed by atoms with Crippen molar-refractivity contribution < 1.29 is 26.0 Å². The predicted molar refractivity (Wildman–Crippen MR) is 150 cm³/mol. The maximum atomic E-state index is 13.1. The molecule has 0 spiro atoms. The average molecular weight is 579 g/mol. The van der Waals surface area contributed by atoms with Gasteiger partial charge in [0.25, 0.3) is 5.56 Å². The number of anilines is 1. The van der Waals surface area contributed by atoms with E-state index in [0.717, 1.165) is 19.1 Å². The fraction of sp³-hybridized carbons (Fsp3) is 0.500. The number of piperazine rings is 1. The lowest BCUT2D eigenvalue weighted by Crippen LogP contribution is -2.52. The number of hydrogen-bond acceptors (Lipinski definition) is 8. The molecule has 1 aromatic carbocycles. The minimum Gasteiger partial charge on any atom is -0.493 e. The summed E-state index contributed by atoms with van der Waals surface area (Å²) >= 11 is 0. The van der Waals surface area contributed by atoms with E-state index in [4.69, 9.17) is 9.15 Å². The Kier molecular flexibility index (Phi) is 7.29. The number of fused-ring (bicyclic) bond motifs is 1. The van der Waals surface area contributed by atoms with Crippen LogP contribution in [-0.2, 0) is 33.6 Å². The molecule has 0 bridgehead atoms. The van der Waals surface area contributed by atoms with Crippen LogP contribution in [0.4, 0.5) is 5.69 Å². The topological polar surface area (TPSA) is 131 Å². The third kappa shape index (κ3) is 6.32. The van der Waals surface area contributed by atoms with Crippen molar-refractivity contribution in [2.75, 3.05) is 43.5 Å². The van der Waals surface area contributed by atoms with Crippen molar-refractivity contribution in [2.45, 2.75) is 32.4 Å². The van der Waals surface area contributed by atoms with Crippen LogP contribution in [0.15, 0.2) is 39.7 Å². The summed E-state index contributed by atoms with van der Waals surface area (Å²) in [4.78, 5) is 15.2. The lowest BCUT2D eigenvalue weighted by molar-refractivity contribution is 0.115. The van der Waals surface area contributed by atoms with E-state index >= 15 is 0 Å². The van der Waals surface area contributed by atoms with Crippen molar-refractivity contribution in [3.05, 3.63) is 46.6 Å². The number of nitrogens with one attached hydrogen (secondary N) is 1. The third-order valence-corrected chi connectivity index (χ3v) is 9.08. The van der Waals surface area contributed by atoms with Gasteiger partial charge in [0.15, 0.2) is 0 Å². The first-order valence-corrected chi connectivity index (χ1v) is 16.6. The number of nitrogens with zero attached hydrogens (tertiary/aromatic N) is 3. The molecule has 1 atom stereocenters. The number of rotatable bonds is 9. The molecule has 1 aliphatic carbocycles. The molecule has 2 aromatic heterocycles. The summed E-state index contributed by atoms with van der Waals surface area (Å²) in [7, 11) is -5.11. The van der Waals surface area contributed by atoms with Gasteiger partial charge in [-0.1, -0.05) is 0 Å². The summed E-state index contributed by atoms with van der Waals surface area (Å²) in [6.45, 7) is 4.24. The zero-order valence-electron chi connectivity index (χ0n) is 22.5. The molecule has 2 fully saturated rings. The van der Waals surface area contributed by atoms with Crippen molar-refractivity contribution in [1.82, 2.24) is 13.8 Å². The quantitative estimate of drug-likeness (QED) is 0.410. The monoisotopic (exact) mass is 578 g/mol. The van der Waals surface area contributed by atoms with Gasteiger partial charge in [-0.05, 0) is 49.9 Å². The number of sulfonamides is 2. The van der Waals surface area contributed by atoms with Crippen LogP contribution in [0, 0.1) is 5.92 Å². The van der Waals surface area contributed by atoms with Crippen LogP contribution in [-0.4, -0.2) is 75.4 Å². The van der Waals surface area contributed by atoms with Gasteiger partial charge in [-0.25, -0.2) is 16.8 Å². The second-order valence-electron chi connectivity index (χ2n) is 10.7. The zero-order chi connectivity index (χ0) is 28.1. The van der Waals surface area contributed by atoms with Crippen LogP contribution in [0.5, 0.6) is 5.75 Å². The minimum absolute atomic E-state index is 0.0369. The van der Waals surface area contributed by atoms with Crippen LogP contribution in [0.25, 0.3) is 22.1 Å². The average Bonchev–Trinajstić information content (AvgIpc) is 3.57. The Morgan fingerprint density at radius 2 is 1.82 bits per heavy atom. The van der Waals surface area contributed by atoms with Crippen LogP contribution < -0.4 is 15.0 Å². The first kappa shape index (κ1) is 27.7. The summed E-state index contributed by atoms with van der Waals surface area (Å²) in [6, 6.07) is 6.77. The molecule has 1 aliphatic heterocycles. The maximum absolute atomic E-state index is 13.1. The number of ether oxygens (including phenoxy) is 1. The summed E-state index contributed by atoms with van der Waals surface area (Å²) in [6.07, 6.45) is 6.21. The van der Waals surface area contributed by atoms with E-state index in [9.17, 15) is 21.6 Å². The van der Waals surface area contributed by atoms with E-state index in [1.165, 1.54) is 15.1 Å². The molecule has 1 N–H and O–H groups in total. The highest BCUT2D eigenvalue weighted by atomic mass is 32.2. The van der Waals surface area contributed by atoms with Gasteiger partial charge in [0.05, 0.1) is 31.0 Å². The van der Waals surface area contributed by atoms with Gasteiger partial charge in [0.2, 0.25) is 20.0 Å². The Bertz CT molecular complexity index is 1670. The van der Waals surface area contributed by atoms with Gasteiger partial charge >= 0.3 is 0 Å². The summed E-state index contributed by atoms with van der Waals surface area (Å²) in [5, 5.41) is 0.405. The highest BCUT2D eigenvalue weighted by Crippen LogP contribution is 2.39. The van der Waals surface area contributed by atoms with E-state index in [2.05, 4.69) is 9.62 Å². The standard InChI is InChI=1S/C26H34N4O7S2/c1-17-13-30(39(4,34)35)10-9-29(17)14-20-12-22-25(37-20)23(15-28(2)26(22)31)21-11-19(27-38(3,32)33)7-8-24(21)36-16-18-5-6-18/h7-8,11-12,15,17-18,27H,5-6,9-10,13-14,16H2,1-4H3/t17-/m1/s1. The smallest absolute Gasteiger partial charge is 0.261 e. The Morgan fingerprint density at radius 1 is 1.08 bits per heavy atom. The first-order valence-electron chi connectivity index (χ1n) is 12.8. The SMILES string of the molecule is C[C@@H]1CN(S(C)(=O)=O)CCN1Cc1cc2c(=O)n(C)cc(-c3cc(NS(C)(=O)=O)ccc3OCC3CC3)c2o1. The van der Waals surface area contributed by atoms with E-state index in [0.29, 0.717) is 78.0 Å². The first-order chi connectivity index (χ1) is 18.3. The van der Waals surface area contributed by atoms with E-state index in [1.807, 2.05) is 6.92 Å². The molecule has 0 unspecified atom stereocenters. The molecule has 2 aliphatic rings. The van der Waals surface area contributed by atoms with Crippen molar-refractivity contribution in [3.63, 3.8) is 0 Å². The van der Waals surface area contributed by atoms with Gasteiger partial charge in [0.1, 0.15) is 17.1 Å². The molecule has 39 heavy (non-hydrogen) atoms. The molecule has 1 saturated heterocycles. The predicted octanol–water partition coefficient (Wildman–Crippen LogP) is 2.42. The second kappa shape index (κ2) is 10.3. The molecule has 0 amide bonds. The molecule has 3 heterocycles. The molecular formula is C26H34N4O7S2. The van der Waals surface area contributed by atoms with Gasteiger partial charge in [-0.2, -0.15) is 4.31 Å². The minimum atomic E-state index is -3.51. The normalized spacial score (nSPS) is 19.4. The summed E-state index contributed by atoms with van der Waals surface area (Å²) in [5.74, 6) is 1.66. The maximum Gasteiger partial charge on any atom is 0.261 e. The van der Waals surface area contributed by atoms with E-state index in [-0.39, 0.29) is 11.6 Å². The van der Waals surface area contributed by atoms with Gasteiger partial charge in [-0.15, -0.1) is 0 Å². The van der Waals surface area contributed by atoms with E-state index < -0.39 is 20.0 Å². The molecule has 5 rings (SSSR count). The zero-order valence-corrected chi connectivity index (χ0v) is 24.1. The third-order valence-electron chi connectivity index (χ3n) is 7.20. The fourth-order valence-corrected chi connectivity index (χ4v) is 6.36. The summed E-state index contributed by atoms with van der Waals surface area (Å²) < 4.78 is 65.7. The Morgan fingerprint density at radius 3 is 2.46 bits per heavy atom. The van der Waals surface area contributed by atoms with Crippen molar-refractivity contribution in [3.8, 4) is 16.9 Å². The van der Waals surface area contributed by atoms with Gasteiger partial charge < -0.3 is 13.7 Å². The Balaban J connectivity index is 1.53. The van der Waals surface area contributed by atoms with Gasteiger partial charge in [0, 0.05) is 55.7 Å². The van der Waals surface area contributed by atoms with Crippen LogP contribution in [0.2, 0.25) is 0 Å². The number of pyridine rings is 1. The molecule has 3 aromatic rings. The number of benzene rings is 1. The Labute approximate surface area is 228 Å². The van der Waals surface area contributed by atoms with Gasteiger partial charge in [-0.3, -0.25) is 14.4 Å². The van der Waals surface area contributed by atoms with Crippen molar-refractivity contribution in [2.24, 2.45) is 13.0 Å². The second-order valence-corrected chi connectivity index (χ2v) is 14.4. The molecule has 212 valence electrons. The van der Waals surface area contributed by atoms with E-state index in [1.54, 1.807) is 37.5 Å². The van der Waals surface area contributed by atoms with Crippen molar-refractivity contribution >= 4 is 36.7 Å². The Hall–Kier alpha value is -2.87. The highest BCUT2D eigenvalue weighted by molar-refractivity contribution is 7.92. The molecule has 1 saturated carbocycles. The molecule has 0 radical (unpaired) electrons.